The molecule has 0 spiro atoms. The van der Waals surface area contributed by atoms with E-state index < -0.39 is 10.8 Å². The molecule has 0 bridgehead atoms. The Morgan fingerprint density at radius 2 is 2.00 bits per heavy atom. The van der Waals surface area contributed by atoms with Gasteiger partial charge in [-0.25, -0.2) is 4.98 Å². The van der Waals surface area contributed by atoms with Crippen molar-refractivity contribution in [1.82, 2.24) is 4.98 Å². The average molecular weight is 422 g/mol. The first-order valence-corrected chi connectivity index (χ1v) is 9.57. The van der Waals surface area contributed by atoms with Crippen molar-refractivity contribution in [2.24, 2.45) is 0 Å². The molecule has 150 valence electrons. The van der Waals surface area contributed by atoms with E-state index in [-0.39, 0.29) is 16.3 Å². The summed E-state index contributed by atoms with van der Waals surface area (Å²) in [6.45, 7) is 2.07. The summed E-state index contributed by atoms with van der Waals surface area (Å²) in [4.78, 5) is 27.5. The van der Waals surface area contributed by atoms with E-state index in [0.717, 1.165) is 23.6 Å². The minimum Gasteiger partial charge on any atom is -0.436 e. The highest BCUT2D eigenvalue weighted by molar-refractivity contribution is 6.34. The summed E-state index contributed by atoms with van der Waals surface area (Å²) in [7, 11) is 0. The molecule has 30 heavy (non-hydrogen) atoms. The number of non-ortho nitro benzene ring substituents is 1. The van der Waals surface area contributed by atoms with Gasteiger partial charge in [0, 0.05) is 23.4 Å². The van der Waals surface area contributed by atoms with Crippen LogP contribution in [0.15, 0.2) is 65.1 Å². The standard InChI is InChI=1S/C22H16ClN3O4/c1-2-13-6-9-20-19(10-13)25-22(30-20)14-4-3-5-15(11-14)24-21(27)17-12-16(26(28)29)7-8-18(17)23/h3-12H,2H2,1H3,(H,24,27). The van der Waals surface area contributed by atoms with Crippen LogP contribution >= 0.6 is 11.6 Å². The third-order valence-electron chi connectivity index (χ3n) is 4.63. The van der Waals surface area contributed by atoms with Crippen LogP contribution in [-0.2, 0) is 6.42 Å². The van der Waals surface area contributed by atoms with Crippen molar-refractivity contribution in [3.8, 4) is 11.5 Å². The molecule has 4 rings (SSSR count). The average Bonchev–Trinajstić information content (AvgIpc) is 3.17. The number of nitrogens with zero attached hydrogens (tertiary/aromatic N) is 2. The molecular formula is C22H16ClN3O4. The van der Waals surface area contributed by atoms with Crippen LogP contribution in [0.3, 0.4) is 0 Å². The fourth-order valence-corrected chi connectivity index (χ4v) is 3.25. The molecule has 7 nitrogen and oxygen atoms in total. The second-order valence-corrected chi connectivity index (χ2v) is 7.04. The number of hydrogen-bond acceptors (Lipinski definition) is 5. The van der Waals surface area contributed by atoms with Gasteiger partial charge in [-0.3, -0.25) is 14.9 Å². The molecule has 0 radical (unpaired) electrons. The molecule has 0 saturated carbocycles. The molecule has 0 aliphatic heterocycles. The van der Waals surface area contributed by atoms with Crippen molar-refractivity contribution in [3.63, 3.8) is 0 Å². The number of aromatic nitrogens is 1. The Kier molecular flexibility index (Phi) is 5.20. The summed E-state index contributed by atoms with van der Waals surface area (Å²) in [5.74, 6) is -0.117. The first-order chi connectivity index (χ1) is 14.4. The maximum Gasteiger partial charge on any atom is 0.270 e. The third kappa shape index (κ3) is 3.88. The zero-order valence-corrected chi connectivity index (χ0v) is 16.6. The quantitative estimate of drug-likeness (QED) is 0.321. The molecular weight excluding hydrogens is 406 g/mol. The molecule has 1 N–H and O–H groups in total. The van der Waals surface area contributed by atoms with Gasteiger partial charge in [-0.05, 0) is 48.4 Å². The summed E-state index contributed by atoms with van der Waals surface area (Å²) in [5, 5.41) is 13.8. The van der Waals surface area contributed by atoms with Crippen LogP contribution in [0.2, 0.25) is 5.02 Å². The van der Waals surface area contributed by atoms with Crippen molar-refractivity contribution >= 4 is 40.0 Å². The van der Waals surface area contributed by atoms with Crippen LogP contribution in [0.1, 0.15) is 22.8 Å². The number of oxazole rings is 1. The lowest BCUT2D eigenvalue weighted by atomic mass is 10.1. The number of nitrogens with one attached hydrogen (secondary N) is 1. The summed E-state index contributed by atoms with van der Waals surface area (Å²) < 4.78 is 5.84. The predicted molar refractivity (Wildman–Crippen MR) is 115 cm³/mol. The van der Waals surface area contributed by atoms with E-state index in [1.807, 2.05) is 24.3 Å². The lowest BCUT2D eigenvalue weighted by Crippen LogP contribution is -2.12. The number of rotatable bonds is 5. The molecule has 0 aliphatic carbocycles. The fraction of sp³-hybridized carbons (Fsp3) is 0.0909. The largest absolute Gasteiger partial charge is 0.436 e. The Labute approximate surface area is 176 Å². The highest BCUT2D eigenvalue weighted by Crippen LogP contribution is 2.28. The van der Waals surface area contributed by atoms with Crippen LogP contribution in [0.4, 0.5) is 11.4 Å². The van der Waals surface area contributed by atoms with E-state index in [0.29, 0.717) is 22.7 Å². The highest BCUT2D eigenvalue weighted by atomic mass is 35.5. The molecule has 0 aliphatic rings. The molecule has 8 heteroatoms. The zero-order chi connectivity index (χ0) is 21.3. The number of hydrogen-bond donors (Lipinski definition) is 1. The minimum atomic E-state index is -0.578. The van der Waals surface area contributed by atoms with Crippen molar-refractivity contribution in [2.45, 2.75) is 13.3 Å². The number of fused-ring (bicyclic) bond motifs is 1. The molecule has 0 fully saturated rings. The van der Waals surface area contributed by atoms with E-state index in [1.54, 1.807) is 18.2 Å². The Morgan fingerprint density at radius 3 is 2.77 bits per heavy atom. The second-order valence-electron chi connectivity index (χ2n) is 6.63. The topological polar surface area (TPSA) is 98.3 Å². The van der Waals surface area contributed by atoms with E-state index in [4.69, 9.17) is 16.0 Å². The smallest absolute Gasteiger partial charge is 0.270 e. The van der Waals surface area contributed by atoms with Crippen molar-refractivity contribution in [2.75, 3.05) is 5.32 Å². The normalized spacial score (nSPS) is 10.9. The lowest BCUT2D eigenvalue weighted by molar-refractivity contribution is -0.384. The number of anilines is 1. The van der Waals surface area contributed by atoms with Crippen LogP contribution in [0, 0.1) is 10.1 Å². The summed E-state index contributed by atoms with van der Waals surface area (Å²) >= 11 is 6.05. The Hall–Kier alpha value is -3.71. The highest BCUT2D eigenvalue weighted by Gasteiger charge is 2.17. The van der Waals surface area contributed by atoms with E-state index in [9.17, 15) is 14.9 Å². The van der Waals surface area contributed by atoms with E-state index >= 15 is 0 Å². The van der Waals surface area contributed by atoms with E-state index in [2.05, 4.69) is 17.2 Å². The molecule has 3 aromatic carbocycles. The molecule has 1 amide bonds. The predicted octanol–water partition coefficient (Wildman–Crippen LogP) is 5.87. The van der Waals surface area contributed by atoms with Gasteiger partial charge >= 0.3 is 0 Å². The number of halogens is 1. The van der Waals surface area contributed by atoms with Gasteiger partial charge in [0.2, 0.25) is 5.89 Å². The van der Waals surface area contributed by atoms with Gasteiger partial charge < -0.3 is 9.73 Å². The number of nitro benzene ring substituents is 1. The van der Waals surface area contributed by atoms with Gasteiger partial charge in [0.1, 0.15) is 5.52 Å². The number of aryl methyl sites for hydroxylation is 1. The SMILES string of the molecule is CCc1ccc2oc(-c3cccc(NC(=O)c4cc([N+](=O)[O-])ccc4Cl)c3)nc2c1. The number of carbonyl (C=O) groups is 1. The summed E-state index contributed by atoms with van der Waals surface area (Å²) in [6, 6.07) is 16.6. The Balaban J connectivity index is 1.62. The molecule has 0 saturated heterocycles. The van der Waals surface area contributed by atoms with Crippen LogP contribution in [0.25, 0.3) is 22.6 Å². The maximum atomic E-state index is 12.6. The van der Waals surface area contributed by atoms with Gasteiger partial charge in [0.25, 0.3) is 11.6 Å². The first-order valence-electron chi connectivity index (χ1n) is 9.20. The molecule has 1 heterocycles. The number of carbonyl (C=O) groups excluding carboxylic acids is 1. The first kappa shape index (κ1) is 19.6. The van der Waals surface area contributed by atoms with Crippen LogP contribution in [-0.4, -0.2) is 15.8 Å². The molecule has 4 aromatic rings. The van der Waals surface area contributed by atoms with Gasteiger partial charge in [0.05, 0.1) is 15.5 Å². The second kappa shape index (κ2) is 7.96. The minimum absolute atomic E-state index is 0.0187. The molecule has 0 atom stereocenters. The van der Waals surface area contributed by atoms with Crippen LogP contribution < -0.4 is 5.32 Å². The number of amides is 1. The fourth-order valence-electron chi connectivity index (χ4n) is 3.05. The molecule has 1 aromatic heterocycles. The Bertz CT molecular complexity index is 1280. The molecule has 0 unspecified atom stereocenters. The Morgan fingerprint density at radius 1 is 1.17 bits per heavy atom. The van der Waals surface area contributed by atoms with Gasteiger partial charge in [0.15, 0.2) is 5.58 Å². The summed E-state index contributed by atoms with van der Waals surface area (Å²) in [5.41, 5.74) is 3.59. The van der Waals surface area contributed by atoms with Crippen molar-refractivity contribution < 1.29 is 14.1 Å². The monoisotopic (exact) mass is 421 g/mol. The van der Waals surface area contributed by atoms with Gasteiger partial charge in [-0.15, -0.1) is 0 Å². The number of nitro groups is 1. The number of benzene rings is 3. The summed E-state index contributed by atoms with van der Waals surface area (Å²) in [6.07, 6.45) is 0.903. The van der Waals surface area contributed by atoms with E-state index in [1.165, 1.54) is 12.1 Å². The lowest BCUT2D eigenvalue weighted by Gasteiger charge is -2.07. The van der Waals surface area contributed by atoms with Crippen molar-refractivity contribution in [3.05, 3.63) is 86.9 Å². The zero-order valence-electron chi connectivity index (χ0n) is 15.9. The maximum absolute atomic E-state index is 12.6. The van der Waals surface area contributed by atoms with Crippen molar-refractivity contribution in [1.29, 1.82) is 0 Å². The van der Waals surface area contributed by atoms with Gasteiger partial charge in [-0.2, -0.15) is 0 Å². The van der Waals surface area contributed by atoms with Gasteiger partial charge in [-0.1, -0.05) is 30.7 Å². The third-order valence-corrected chi connectivity index (χ3v) is 4.96. The van der Waals surface area contributed by atoms with Crippen LogP contribution in [0.5, 0.6) is 0 Å².